The van der Waals surface area contributed by atoms with Crippen LogP contribution in [-0.4, -0.2) is 32.2 Å². The van der Waals surface area contributed by atoms with Gasteiger partial charge in [0.15, 0.2) is 5.54 Å². The van der Waals surface area contributed by atoms with Crippen molar-refractivity contribution in [3.8, 4) is 0 Å². The molecule has 19 heavy (non-hydrogen) atoms. The Bertz CT molecular complexity index is 582. The Morgan fingerprint density at radius 1 is 1.32 bits per heavy atom. The number of carbonyl (C=O) groups is 2. The molecular weight excluding hydrogens is 248 g/mol. The summed E-state index contributed by atoms with van der Waals surface area (Å²) in [5, 5.41) is 17.7. The van der Waals surface area contributed by atoms with E-state index in [-0.39, 0.29) is 5.82 Å². The zero-order valence-electron chi connectivity index (χ0n) is 10.1. The van der Waals surface area contributed by atoms with Crippen molar-refractivity contribution in [2.75, 3.05) is 0 Å². The Hall–Kier alpha value is -2.70. The SMILES string of the molecule is CC(NC(=O)c1ncn[nH]1)(C(=O)O)c1ccccc1. The molecular formula is C12H12N4O3. The van der Waals surface area contributed by atoms with Gasteiger partial charge in [0.2, 0.25) is 5.82 Å². The number of nitrogens with one attached hydrogen (secondary N) is 2. The van der Waals surface area contributed by atoms with Gasteiger partial charge in [-0.25, -0.2) is 9.78 Å². The zero-order chi connectivity index (χ0) is 13.9. The second kappa shape index (κ2) is 4.89. The number of carboxylic acid groups (broad SMARTS) is 1. The van der Waals surface area contributed by atoms with Crippen LogP contribution in [-0.2, 0) is 10.3 Å². The van der Waals surface area contributed by atoms with E-state index in [1.807, 2.05) is 0 Å². The van der Waals surface area contributed by atoms with Crippen LogP contribution < -0.4 is 5.32 Å². The van der Waals surface area contributed by atoms with Gasteiger partial charge in [-0.15, -0.1) is 0 Å². The molecule has 2 rings (SSSR count). The van der Waals surface area contributed by atoms with Crippen LogP contribution in [0.15, 0.2) is 36.7 Å². The van der Waals surface area contributed by atoms with Crippen LogP contribution >= 0.6 is 0 Å². The van der Waals surface area contributed by atoms with Crippen molar-refractivity contribution in [3.05, 3.63) is 48.0 Å². The summed E-state index contributed by atoms with van der Waals surface area (Å²) >= 11 is 0. The van der Waals surface area contributed by atoms with E-state index in [4.69, 9.17) is 0 Å². The van der Waals surface area contributed by atoms with Crippen molar-refractivity contribution in [1.82, 2.24) is 20.5 Å². The van der Waals surface area contributed by atoms with E-state index in [1.165, 1.54) is 13.3 Å². The number of aliphatic carboxylic acids is 1. The summed E-state index contributed by atoms with van der Waals surface area (Å²) in [6, 6.07) is 8.45. The highest BCUT2D eigenvalue weighted by Crippen LogP contribution is 2.21. The van der Waals surface area contributed by atoms with Gasteiger partial charge in [0, 0.05) is 0 Å². The number of amides is 1. The molecule has 0 aliphatic heterocycles. The topological polar surface area (TPSA) is 108 Å². The molecule has 7 nitrogen and oxygen atoms in total. The van der Waals surface area contributed by atoms with Gasteiger partial charge in [0.05, 0.1) is 0 Å². The molecule has 1 atom stereocenters. The highest BCUT2D eigenvalue weighted by atomic mass is 16.4. The minimum absolute atomic E-state index is 0.0385. The monoisotopic (exact) mass is 260 g/mol. The van der Waals surface area contributed by atoms with Crippen molar-refractivity contribution in [3.63, 3.8) is 0 Å². The van der Waals surface area contributed by atoms with E-state index in [0.717, 1.165) is 0 Å². The zero-order valence-corrected chi connectivity index (χ0v) is 10.1. The Morgan fingerprint density at radius 2 is 2.00 bits per heavy atom. The molecule has 1 heterocycles. The van der Waals surface area contributed by atoms with E-state index < -0.39 is 17.4 Å². The Morgan fingerprint density at radius 3 is 2.53 bits per heavy atom. The first-order valence-electron chi connectivity index (χ1n) is 5.51. The first-order chi connectivity index (χ1) is 9.04. The summed E-state index contributed by atoms with van der Waals surface area (Å²) in [4.78, 5) is 27.0. The lowest BCUT2D eigenvalue weighted by Crippen LogP contribution is -2.49. The number of aromatic nitrogens is 3. The molecule has 0 fully saturated rings. The lowest BCUT2D eigenvalue weighted by Gasteiger charge is -2.26. The minimum atomic E-state index is -1.54. The highest BCUT2D eigenvalue weighted by molar-refractivity contribution is 5.95. The molecule has 2 aromatic rings. The second-order valence-corrected chi connectivity index (χ2v) is 4.08. The van der Waals surface area contributed by atoms with Gasteiger partial charge >= 0.3 is 5.97 Å². The summed E-state index contributed by atoms with van der Waals surface area (Å²) in [5.41, 5.74) is -1.07. The maximum absolute atomic E-state index is 11.9. The number of H-pyrrole nitrogens is 1. The summed E-state index contributed by atoms with van der Waals surface area (Å²) in [7, 11) is 0. The first-order valence-corrected chi connectivity index (χ1v) is 5.51. The Kier molecular flexibility index (Phi) is 3.28. The Balaban J connectivity index is 2.31. The molecule has 0 saturated heterocycles. The number of hydrogen-bond acceptors (Lipinski definition) is 4. The molecule has 1 amide bonds. The van der Waals surface area contributed by atoms with Gasteiger partial charge < -0.3 is 10.4 Å². The maximum atomic E-state index is 11.9. The number of carboxylic acids is 1. The third-order valence-corrected chi connectivity index (χ3v) is 2.77. The van der Waals surface area contributed by atoms with Crippen molar-refractivity contribution in [2.45, 2.75) is 12.5 Å². The van der Waals surface area contributed by atoms with Crippen LogP contribution in [0.3, 0.4) is 0 Å². The molecule has 1 aromatic heterocycles. The van der Waals surface area contributed by atoms with Gasteiger partial charge in [-0.05, 0) is 12.5 Å². The van der Waals surface area contributed by atoms with Gasteiger partial charge in [0.25, 0.3) is 5.91 Å². The van der Waals surface area contributed by atoms with Gasteiger partial charge in [-0.3, -0.25) is 9.89 Å². The summed E-state index contributed by atoms with van der Waals surface area (Å²) in [5.74, 6) is -1.83. The van der Waals surface area contributed by atoms with Crippen LogP contribution in [0.1, 0.15) is 23.1 Å². The molecule has 0 radical (unpaired) electrons. The van der Waals surface area contributed by atoms with Crippen LogP contribution in [0.25, 0.3) is 0 Å². The molecule has 98 valence electrons. The van der Waals surface area contributed by atoms with E-state index in [1.54, 1.807) is 30.3 Å². The lowest BCUT2D eigenvalue weighted by atomic mass is 9.92. The highest BCUT2D eigenvalue weighted by Gasteiger charge is 2.37. The molecule has 0 aliphatic carbocycles. The van der Waals surface area contributed by atoms with Gasteiger partial charge in [0.1, 0.15) is 6.33 Å². The fourth-order valence-corrected chi connectivity index (χ4v) is 1.62. The number of hydrogen-bond donors (Lipinski definition) is 3. The molecule has 0 spiro atoms. The standard InChI is InChI=1S/C12H12N4O3/c1-12(11(18)19,8-5-3-2-4-6-8)15-10(17)9-13-7-14-16-9/h2-7H,1H3,(H,15,17)(H,18,19)(H,13,14,16). The maximum Gasteiger partial charge on any atom is 0.333 e. The number of nitrogens with zero attached hydrogens (tertiary/aromatic N) is 2. The van der Waals surface area contributed by atoms with Crippen molar-refractivity contribution >= 4 is 11.9 Å². The number of benzene rings is 1. The average Bonchev–Trinajstić information content (AvgIpc) is 2.93. The van der Waals surface area contributed by atoms with Crippen LogP contribution in [0, 0.1) is 0 Å². The Labute approximate surface area is 108 Å². The summed E-state index contributed by atoms with van der Waals surface area (Å²) in [6.07, 6.45) is 1.18. The molecule has 1 aromatic carbocycles. The van der Waals surface area contributed by atoms with Gasteiger partial charge in [-0.1, -0.05) is 30.3 Å². The third-order valence-electron chi connectivity index (χ3n) is 2.77. The smallest absolute Gasteiger partial charge is 0.333 e. The molecule has 0 aliphatic rings. The lowest BCUT2D eigenvalue weighted by molar-refractivity contribution is -0.144. The van der Waals surface area contributed by atoms with Crippen molar-refractivity contribution in [1.29, 1.82) is 0 Å². The summed E-state index contributed by atoms with van der Waals surface area (Å²) < 4.78 is 0. The molecule has 0 saturated carbocycles. The average molecular weight is 260 g/mol. The normalized spacial score (nSPS) is 13.5. The predicted molar refractivity (Wildman–Crippen MR) is 65.3 cm³/mol. The quantitative estimate of drug-likeness (QED) is 0.743. The fourth-order valence-electron chi connectivity index (χ4n) is 1.62. The second-order valence-electron chi connectivity index (χ2n) is 4.08. The molecule has 7 heteroatoms. The van der Waals surface area contributed by atoms with Crippen LogP contribution in [0.4, 0.5) is 0 Å². The van der Waals surface area contributed by atoms with Crippen molar-refractivity contribution < 1.29 is 14.7 Å². The molecule has 3 N–H and O–H groups in total. The van der Waals surface area contributed by atoms with Crippen molar-refractivity contribution in [2.24, 2.45) is 0 Å². The molecule has 0 bridgehead atoms. The third kappa shape index (κ3) is 2.44. The molecule has 1 unspecified atom stereocenters. The number of carbonyl (C=O) groups excluding carboxylic acids is 1. The predicted octanol–water partition coefficient (Wildman–Crippen LogP) is 0.534. The number of rotatable bonds is 4. The largest absolute Gasteiger partial charge is 0.479 e. The fraction of sp³-hybridized carbons (Fsp3) is 0.167. The van der Waals surface area contributed by atoms with Crippen LogP contribution in [0.5, 0.6) is 0 Å². The van der Waals surface area contributed by atoms with E-state index in [0.29, 0.717) is 5.56 Å². The number of aromatic amines is 1. The van der Waals surface area contributed by atoms with E-state index >= 15 is 0 Å². The minimum Gasteiger partial charge on any atom is -0.479 e. The van der Waals surface area contributed by atoms with Crippen LogP contribution in [0.2, 0.25) is 0 Å². The van der Waals surface area contributed by atoms with E-state index in [2.05, 4.69) is 20.5 Å². The summed E-state index contributed by atoms with van der Waals surface area (Å²) in [6.45, 7) is 1.42. The van der Waals surface area contributed by atoms with E-state index in [9.17, 15) is 14.7 Å². The first kappa shape index (κ1) is 12.7. The van der Waals surface area contributed by atoms with Gasteiger partial charge in [-0.2, -0.15) is 5.10 Å².